The molecular formula is C24H32ClN3O4S. The second-order valence-corrected chi connectivity index (χ2v) is 11.2. The van der Waals surface area contributed by atoms with Crippen molar-refractivity contribution >= 4 is 33.2 Å². The summed E-state index contributed by atoms with van der Waals surface area (Å²) in [6, 6.07) is 15.0. The fourth-order valence-electron chi connectivity index (χ4n) is 3.69. The summed E-state index contributed by atoms with van der Waals surface area (Å²) < 4.78 is 32.8. The molecule has 1 saturated heterocycles. The van der Waals surface area contributed by atoms with E-state index in [1.54, 1.807) is 42.4 Å². The molecule has 1 heterocycles. The van der Waals surface area contributed by atoms with Gasteiger partial charge < -0.3 is 15.0 Å². The standard InChI is InChI=1S/C24H32ClN3O4S/c1-19-6-4-7-21(18-19)27-13-15-28(16-14-27)33(30,31)17-5-12-26-23(29)24(2,3)32-22-10-8-20(25)9-11-22/h4,6-11,18H,5,12-17H2,1-3H3,(H,26,29). The molecule has 7 nitrogen and oxygen atoms in total. The average molecular weight is 494 g/mol. The average Bonchev–Trinajstić information content (AvgIpc) is 2.78. The van der Waals surface area contributed by atoms with E-state index < -0.39 is 15.6 Å². The van der Waals surface area contributed by atoms with Gasteiger partial charge in [-0.05, 0) is 69.2 Å². The van der Waals surface area contributed by atoms with Crippen molar-refractivity contribution in [1.29, 1.82) is 0 Å². The highest BCUT2D eigenvalue weighted by molar-refractivity contribution is 7.89. The Bertz CT molecular complexity index is 1050. The molecule has 9 heteroatoms. The number of benzene rings is 2. The van der Waals surface area contributed by atoms with E-state index in [1.165, 1.54) is 5.56 Å². The topological polar surface area (TPSA) is 79.0 Å². The summed E-state index contributed by atoms with van der Waals surface area (Å²) in [5, 5.41) is 3.37. The van der Waals surface area contributed by atoms with Gasteiger partial charge in [-0.3, -0.25) is 4.79 Å². The highest BCUT2D eigenvalue weighted by Crippen LogP contribution is 2.21. The molecule has 0 bridgehead atoms. The molecule has 3 rings (SSSR count). The van der Waals surface area contributed by atoms with Gasteiger partial charge in [-0.2, -0.15) is 4.31 Å². The fraction of sp³-hybridized carbons (Fsp3) is 0.458. The van der Waals surface area contributed by atoms with E-state index in [2.05, 4.69) is 22.3 Å². The predicted molar refractivity (Wildman–Crippen MR) is 133 cm³/mol. The van der Waals surface area contributed by atoms with Gasteiger partial charge in [-0.1, -0.05) is 23.7 Å². The number of sulfonamides is 1. The van der Waals surface area contributed by atoms with Crippen LogP contribution in [-0.4, -0.2) is 62.7 Å². The van der Waals surface area contributed by atoms with Crippen molar-refractivity contribution in [1.82, 2.24) is 9.62 Å². The van der Waals surface area contributed by atoms with Crippen molar-refractivity contribution in [2.75, 3.05) is 43.4 Å². The van der Waals surface area contributed by atoms with E-state index in [9.17, 15) is 13.2 Å². The van der Waals surface area contributed by atoms with Crippen LogP contribution in [0.2, 0.25) is 5.02 Å². The maximum Gasteiger partial charge on any atom is 0.263 e. The van der Waals surface area contributed by atoms with Crippen molar-refractivity contribution in [3.8, 4) is 5.75 Å². The number of carbonyl (C=O) groups is 1. The molecule has 1 fully saturated rings. The SMILES string of the molecule is Cc1cccc(N2CCN(S(=O)(=O)CCCNC(=O)C(C)(C)Oc3ccc(Cl)cc3)CC2)c1. The van der Waals surface area contributed by atoms with Crippen molar-refractivity contribution < 1.29 is 17.9 Å². The first-order valence-corrected chi connectivity index (χ1v) is 13.1. The van der Waals surface area contributed by atoms with Crippen LogP contribution < -0.4 is 15.0 Å². The van der Waals surface area contributed by atoms with Crippen LogP contribution in [0.1, 0.15) is 25.8 Å². The molecule has 1 N–H and O–H groups in total. The first-order chi connectivity index (χ1) is 15.6. The summed E-state index contributed by atoms with van der Waals surface area (Å²) >= 11 is 5.87. The minimum absolute atomic E-state index is 0.00377. The van der Waals surface area contributed by atoms with E-state index in [-0.39, 0.29) is 18.2 Å². The predicted octanol–water partition coefficient (Wildman–Crippen LogP) is 3.46. The third-order valence-electron chi connectivity index (χ3n) is 5.60. The molecule has 1 amide bonds. The number of hydrogen-bond donors (Lipinski definition) is 1. The lowest BCUT2D eigenvalue weighted by atomic mass is 10.1. The number of hydrogen-bond acceptors (Lipinski definition) is 5. The summed E-state index contributed by atoms with van der Waals surface area (Å²) in [6.07, 6.45) is 0.337. The molecule has 0 aliphatic carbocycles. The molecule has 180 valence electrons. The van der Waals surface area contributed by atoms with Gasteiger partial charge in [0.1, 0.15) is 5.75 Å². The third-order valence-corrected chi connectivity index (χ3v) is 7.81. The minimum atomic E-state index is -3.37. The van der Waals surface area contributed by atoms with Crippen LogP contribution in [0.3, 0.4) is 0 Å². The van der Waals surface area contributed by atoms with Gasteiger partial charge >= 0.3 is 0 Å². The monoisotopic (exact) mass is 493 g/mol. The van der Waals surface area contributed by atoms with Crippen LogP contribution in [-0.2, 0) is 14.8 Å². The summed E-state index contributed by atoms with van der Waals surface area (Å²) in [4.78, 5) is 14.7. The molecule has 1 aliphatic heterocycles. The number of halogens is 1. The third kappa shape index (κ3) is 7.09. The molecule has 2 aromatic carbocycles. The van der Waals surface area contributed by atoms with Crippen molar-refractivity contribution in [3.63, 3.8) is 0 Å². The molecule has 0 unspecified atom stereocenters. The van der Waals surface area contributed by atoms with Gasteiger partial charge in [0.2, 0.25) is 10.0 Å². The molecule has 0 atom stereocenters. The summed E-state index contributed by atoms with van der Waals surface area (Å²) in [5.74, 6) is 0.226. The first-order valence-electron chi connectivity index (χ1n) is 11.1. The maximum atomic E-state index is 12.8. The normalized spacial score (nSPS) is 15.3. The highest BCUT2D eigenvalue weighted by Gasteiger charge is 2.30. The van der Waals surface area contributed by atoms with Crippen molar-refractivity contribution in [2.24, 2.45) is 0 Å². The Kier molecular flexibility index (Phi) is 8.26. The lowest BCUT2D eigenvalue weighted by Crippen LogP contribution is -2.50. The number of ether oxygens (including phenoxy) is 1. The van der Waals surface area contributed by atoms with E-state index in [0.717, 1.165) is 5.69 Å². The Balaban J connectivity index is 1.42. The summed E-state index contributed by atoms with van der Waals surface area (Å²) in [7, 11) is -3.37. The Morgan fingerprint density at radius 2 is 1.76 bits per heavy atom. The second-order valence-electron chi connectivity index (χ2n) is 8.72. The van der Waals surface area contributed by atoms with Crippen LogP contribution >= 0.6 is 11.6 Å². The lowest BCUT2D eigenvalue weighted by molar-refractivity contribution is -0.134. The van der Waals surface area contributed by atoms with Crippen LogP contribution in [0.25, 0.3) is 0 Å². The molecule has 2 aromatic rings. The second kappa shape index (κ2) is 10.8. The van der Waals surface area contributed by atoms with E-state index >= 15 is 0 Å². The van der Waals surface area contributed by atoms with Gasteiger partial charge in [-0.15, -0.1) is 0 Å². The Labute approximate surface area is 201 Å². The van der Waals surface area contributed by atoms with E-state index in [1.807, 2.05) is 19.1 Å². The lowest BCUT2D eigenvalue weighted by Gasteiger charge is -2.35. The quantitative estimate of drug-likeness (QED) is 0.541. The molecule has 0 saturated carbocycles. The number of anilines is 1. The molecule has 0 spiro atoms. The van der Waals surface area contributed by atoms with Gasteiger partial charge in [-0.25, -0.2) is 8.42 Å². The fourth-order valence-corrected chi connectivity index (χ4v) is 5.30. The van der Waals surface area contributed by atoms with Gasteiger partial charge in [0.05, 0.1) is 5.75 Å². The van der Waals surface area contributed by atoms with Crippen molar-refractivity contribution in [3.05, 3.63) is 59.1 Å². The van der Waals surface area contributed by atoms with Crippen LogP contribution in [0.4, 0.5) is 5.69 Å². The van der Waals surface area contributed by atoms with Crippen LogP contribution in [0.15, 0.2) is 48.5 Å². The molecule has 1 aliphatic rings. The van der Waals surface area contributed by atoms with Crippen LogP contribution in [0.5, 0.6) is 5.75 Å². The number of rotatable bonds is 9. The zero-order valence-electron chi connectivity index (χ0n) is 19.4. The minimum Gasteiger partial charge on any atom is -0.478 e. The first kappa shape index (κ1) is 25.3. The smallest absolute Gasteiger partial charge is 0.263 e. The number of nitrogens with zero attached hydrogens (tertiary/aromatic N) is 2. The molecule has 33 heavy (non-hydrogen) atoms. The Morgan fingerprint density at radius 3 is 2.39 bits per heavy atom. The van der Waals surface area contributed by atoms with Crippen molar-refractivity contribution in [2.45, 2.75) is 32.8 Å². The summed E-state index contributed by atoms with van der Waals surface area (Å²) in [6.45, 7) is 7.89. The summed E-state index contributed by atoms with van der Waals surface area (Å²) in [5.41, 5.74) is 1.21. The largest absolute Gasteiger partial charge is 0.478 e. The number of nitrogens with one attached hydrogen (secondary N) is 1. The number of piperazine rings is 1. The molecule has 0 radical (unpaired) electrons. The van der Waals surface area contributed by atoms with E-state index in [4.69, 9.17) is 16.3 Å². The Morgan fingerprint density at radius 1 is 1.09 bits per heavy atom. The zero-order chi connectivity index (χ0) is 24.1. The number of aryl methyl sites for hydroxylation is 1. The maximum absolute atomic E-state index is 12.8. The van der Waals surface area contributed by atoms with Gasteiger partial charge in [0.15, 0.2) is 5.60 Å². The Hall–Kier alpha value is -2.29. The highest BCUT2D eigenvalue weighted by atomic mass is 35.5. The van der Waals surface area contributed by atoms with Gasteiger partial charge in [0, 0.05) is 43.4 Å². The van der Waals surface area contributed by atoms with E-state index in [0.29, 0.717) is 43.4 Å². The number of amides is 1. The number of carbonyl (C=O) groups excluding carboxylic acids is 1. The van der Waals surface area contributed by atoms with Gasteiger partial charge in [0.25, 0.3) is 5.91 Å². The molecular weight excluding hydrogens is 462 g/mol. The zero-order valence-corrected chi connectivity index (χ0v) is 21.0. The molecule has 0 aromatic heterocycles. The van der Waals surface area contributed by atoms with Crippen LogP contribution in [0, 0.1) is 6.92 Å².